The molecule has 2 aromatic heterocycles. The number of aryl methyl sites for hydroxylation is 2. The maximum absolute atomic E-state index is 14.1. The van der Waals surface area contributed by atoms with E-state index in [4.69, 9.17) is 6.57 Å². The number of alkyl halides is 12. The molecule has 0 bridgehead atoms. The van der Waals surface area contributed by atoms with Gasteiger partial charge in [0.25, 0.3) is 0 Å². The van der Waals surface area contributed by atoms with Crippen LogP contribution in [0.5, 0.6) is 0 Å². The van der Waals surface area contributed by atoms with Gasteiger partial charge in [0.1, 0.15) is 0 Å². The van der Waals surface area contributed by atoms with E-state index in [2.05, 4.69) is 4.85 Å². The highest BCUT2D eigenvalue weighted by molar-refractivity contribution is 6.12. The van der Waals surface area contributed by atoms with Gasteiger partial charge in [-0.15, -0.1) is 0 Å². The van der Waals surface area contributed by atoms with Gasteiger partial charge in [-0.05, 0) is 122 Å². The molecule has 15 heteroatoms. The van der Waals surface area contributed by atoms with E-state index in [-0.39, 0.29) is 66.5 Å². The average Bonchev–Trinajstić information content (AvgIpc) is 3.63. The Labute approximate surface area is 319 Å². The van der Waals surface area contributed by atoms with Gasteiger partial charge in [-0.2, -0.15) is 52.7 Å². The molecule has 0 saturated carbocycles. The Morgan fingerprint density at radius 2 is 0.810 bits per heavy atom. The maximum atomic E-state index is 14.1. The van der Waals surface area contributed by atoms with Gasteiger partial charge in [-0.25, -0.2) is 4.85 Å². The smallest absolute Gasteiger partial charge is 0.308 e. The molecule has 3 nitrogen and oxygen atoms in total. The van der Waals surface area contributed by atoms with Crippen LogP contribution in [0.2, 0.25) is 0 Å². The number of aromatic nitrogens is 2. The fourth-order valence-electron chi connectivity index (χ4n) is 7.56. The van der Waals surface area contributed by atoms with E-state index >= 15 is 0 Å². The molecule has 2 heterocycles. The molecule has 0 N–H and O–H groups in total. The minimum Gasteiger partial charge on any atom is -0.308 e. The quantitative estimate of drug-likeness (QED) is 0.125. The number of hydrogen-bond donors (Lipinski definition) is 0. The fraction of sp³-hybridized carbons (Fsp3) is 0.140. The highest BCUT2D eigenvalue weighted by atomic mass is 19.4. The van der Waals surface area contributed by atoms with Gasteiger partial charge in [0.15, 0.2) is 5.69 Å². The van der Waals surface area contributed by atoms with E-state index < -0.39 is 47.0 Å². The van der Waals surface area contributed by atoms with Crippen LogP contribution in [0.1, 0.15) is 33.4 Å². The minimum absolute atomic E-state index is 0.0174. The number of nitrogens with zero attached hydrogens (tertiary/aromatic N) is 3. The molecule has 0 atom stereocenters. The molecule has 8 rings (SSSR count). The fourth-order valence-corrected chi connectivity index (χ4v) is 7.56. The van der Waals surface area contributed by atoms with Crippen molar-refractivity contribution in [3.05, 3.63) is 148 Å². The second kappa shape index (κ2) is 12.8. The van der Waals surface area contributed by atoms with Gasteiger partial charge in [0, 0.05) is 21.5 Å². The van der Waals surface area contributed by atoms with E-state index in [0.29, 0.717) is 28.6 Å². The number of halogens is 12. The number of benzene rings is 6. The topological polar surface area (TPSA) is 14.2 Å². The lowest BCUT2D eigenvalue weighted by molar-refractivity contribution is -0.138. The summed E-state index contributed by atoms with van der Waals surface area (Å²) in [6, 6.07) is 18.6. The molecule has 0 spiro atoms. The van der Waals surface area contributed by atoms with Gasteiger partial charge in [0.2, 0.25) is 0 Å². The van der Waals surface area contributed by atoms with Crippen molar-refractivity contribution in [2.75, 3.05) is 0 Å². The molecule has 294 valence electrons. The molecule has 0 aliphatic rings. The summed E-state index contributed by atoms with van der Waals surface area (Å²) in [5.41, 5.74) is -3.40. The Kier molecular flexibility index (Phi) is 8.48. The predicted octanol–water partition coefficient (Wildman–Crippen LogP) is 14.8. The van der Waals surface area contributed by atoms with E-state index in [0.717, 1.165) is 48.5 Å². The average molecular weight is 810 g/mol. The second-order valence-corrected chi connectivity index (χ2v) is 13.9. The van der Waals surface area contributed by atoms with Crippen molar-refractivity contribution in [1.82, 2.24) is 9.13 Å². The first-order valence-electron chi connectivity index (χ1n) is 17.1. The summed E-state index contributed by atoms with van der Waals surface area (Å²) in [5, 5.41) is -0.0188. The molecule has 0 saturated heterocycles. The number of rotatable bonds is 3. The van der Waals surface area contributed by atoms with Crippen LogP contribution in [-0.2, 0) is 24.7 Å². The summed E-state index contributed by atoms with van der Waals surface area (Å²) in [6.45, 7) is 11.3. The highest BCUT2D eigenvalue weighted by Crippen LogP contribution is 2.46. The molecule has 0 amide bonds. The Balaban J connectivity index is 1.58. The second-order valence-electron chi connectivity index (χ2n) is 13.9. The monoisotopic (exact) mass is 809 g/mol. The van der Waals surface area contributed by atoms with Gasteiger partial charge < -0.3 is 9.13 Å². The minimum atomic E-state index is -4.91. The summed E-state index contributed by atoms with van der Waals surface area (Å²) >= 11 is 0. The van der Waals surface area contributed by atoms with Crippen molar-refractivity contribution >= 4 is 49.3 Å². The van der Waals surface area contributed by atoms with Crippen LogP contribution in [0, 0.1) is 20.4 Å². The Morgan fingerprint density at radius 1 is 0.414 bits per heavy atom. The van der Waals surface area contributed by atoms with Crippen molar-refractivity contribution in [1.29, 1.82) is 0 Å². The van der Waals surface area contributed by atoms with Crippen LogP contribution in [-0.4, -0.2) is 9.13 Å². The number of fused-ring (bicyclic) bond motifs is 6. The van der Waals surface area contributed by atoms with Gasteiger partial charge in [-0.3, -0.25) is 0 Å². The summed E-state index contributed by atoms with van der Waals surface area (Å²) in [6.07, 6.45) is -19.4. The van der Waals surface area contributed by atoms with Gasteiger partial charge in [0.05, 0.1) is 62.3 Å². The van der Waals surface area contributed by atoms with Crippen molar-refractivity contribution in [2.45, 2.75) is 38.6 Å². The lowest BCUT2D eigenvalue weighted by Crippen LogP contribution is -2.07. The zero-order valence-corrected chi connectivity index (χ0v) is 29.7. The molecular formula is C43H23F12N3. The van der Waals surface area contributed by atoms with E-state index in [1.54, 1.807) is 25.1 Å². The van der Waals surface area contributed by atoms with Crippen LogP contribution in [0.4, 0.5) is 58.4 Å². The Bertz CT molecular complexity index is 2970. The Hall–Kier alpha value is -6.43. The SMILES string of the molecule is [C-]#[N+]c1cc(-n2c3ccc(C)cc3c3cc(C(F)(F)F)ccc32)c(-n2c3ccc(C(F)(F)F)cc3c3cc(C(F)(F)F)ccc32)cc1-c1cc(C)cc(C(F)(F)F)c1. The van der Waals surface area contributed by atoms with Crippen LogP contribution < -0.4 is 0 Å². The summed E-state index contributed by atoms with van der Waals surface area (Å²) in [5.74, 6) is 0. The standard InChI is InChI=1S/C43H23F12N3/c1-21-4-8-34-29(14-21)30-16-24(40(44,45)46)5-9-35(30)58(34)39-20-33(56-3)28(23-12-22(2)13-27(15-23)43(53,54)55)19-38(39)57-36-10-6-25(41(47,48)49)17-31(36)32-18-26(42(50,51)52)7-11-37(32)57/h4-20H,1-2H3. The van der Waals surface area contributed by atoms with E-state index in [1.165, 1.54) is 40.3 Å². The molecule has 0 unspecified atom stereocenters. The molecule has 8 aromatic rings. The molecule has 6 aromatic carbocycles. The van der Waals surface area contributed by atoms with Crippen LogP contribution in [0.15, 0.2) is 103 Å². The summed E-state index contributed by atoms with van der Waals surface area (Å²) < 4.78 is 172. The van der Waals surface area contributed by atoms with Gasteiger partial charge in [-0.1, -0.05) is 17.7 Å². The van der Waals surface area contributed by atoms with Crippen molar-refractivity contribution in [3.8, 4) is 22.5 Å². The molecule has 0 aliphatic heterocycles. The normalized spacial score (nSPS) is 13.0. The lowest BCUT2D eigenvalue weighted by Gasteiger charge is -2.20. The molecule has 58 heavy (non-hydrogen) atoms. The first kappa shape index (κ1) is 38.4. The van der Waals surface area contributed by atoms with Crippen molar-refractivity contribution in [3.63, 3.8) is 0 Å². The first-order chi connectivity index (χ1) is 27.0. The van der Waals surface area contributed by atoms with Gasteiger partial charge >= 0.3 is 24.7 Å². The third-order valence-corrected chi connectivity index (χ3v) is 10.1. The zero-order chi connectivity index (χ0) is 41.9. The largest absolute Gasteiger partial charge is 0.416 e. The third-order valence-electron chi connectivity index (χ3n) is 10.1. The highest BCUT2D eigenvalue weighted by Gasteiger charge is 2.35. The predicted molar refractivity (Wildman–Crippen MR) is 196 cm³/mol. The molecular weight excluding hydrogens is 786 g/mol. The molecule has 0 aliphatic carbocycles. The third kappa shape index (κ3) is 6.36. The molecule has 0 fully saturated rings. The first-order valence-corrected chi connectivity index (χ1v) is 17.1. The molecule has 0 radical (unpaired) electrons. The van der Waals surface area contributed by atoms with E-state index in [9.17, 15) is 52.7 Å². The van der Waals surface area contributed by atoms with E-state index in [1.807, 2.05) is 0 Å². The van der Waals surface area contributed by atoms with Crippen LogP contribution >= 0.6 is 0 Å². The maximum Gasteiger partial charge on any atom is 0.416 e. The van der Waals surface area contributed by atoms with Crippen molar-refractivity contribution < 1.29 is 52.7 Å². The number of hydrogen-bond acceptors (Lipinski definition) is 0. The van der Waals surface area contributed by atoms with Crippen LogP contribution in [0.3, 0.4) is 0 Å². The zero-order valence-electron chi connectivity index (χ0n) is 29.7. The lowest BCUT2D eigenvalue weighted by atomic mass is 9.97. The Morgan fingerprint density at radius 3 is 1.22 bits per heavy atom. The van der Waals surface area contributed by atoms with Crippen LogP contribution in [0.25, 0.3) is 71.0 Å². The summed E-state index contributed by atoms with van der Waals surface area (Å²) in [4.78, 5) is 3.63. The summed E-state index contributed by atoms with van der Waals surface area (Å²) in [7, 11) is 0. The van der Waals surface area contributed by atoms with Crippen molar-refractivity contribution in [2.24, 2.45) is 0 Å².